The Morgan fingerprint density at radius 1 is 0.867 bits per heavy atom. The molecule has 0 saturated heterocycles. The van der Waals surface area contributed by atoms with Crippen LogP contribution in [0.3, 0.4) is 0 Å². The van der Waals surface area contributed by atoms with Crippen LogP contribution >= 0.6 is 0 Å². The molecule has 0 aromatic heterocycles. The van der Waals surface area contributed by atoms with Crippen LogP contribution in [0, 0.1) is 25.7 Å². The number of benzene rings is 2. The third kappa shape index (κ3) is 2.24. The van der Waals surface area contributed by atoms with Crippen LogP contribution in [0.1, 0.15) is 11.1 Å². The topological polar surface area (TPSA) is 0 Å². The van der Waals surface area contributed by atoms with Crippen molar-refractivity contribution in [1.82, 2.24) is 0 Å². The fourth-order valence-corrected chi connectivity index (χ4v) is 1.70. The molecule has 1 radical (unpaired) electrons. The summed E-state index contributed by atoms with van der Waals surface area (Å²) < 4.78 is 12.8. The summed E-state index contributed by atoms with van der Waals surface area (Å²) in [6, 6.07) is 13.9. The summed E-state index contributed by atoms with van der Waals surface area (Å²) in [6.07, 6.45) is 0. The van der Waals surface area contributed by atoms with E-state index in [1.54, 1.807) is 12.1 Å². The normalized spacial score (nSPS) is 10.3. The van der Waals surface area contributed by atoms with Gasteiger partial charge in [0, 0.05) is 0 Å². The summed E-state index contributed by atoms with van der Waals surface area (Å²) in [5, 5.41) is 0. The molecule has 2 aromatic rings. The van der Waals surface area contributed by atoms with Gasteiger partial charge in [-0.25, -0.2) is 4.39 Å². The van der Waals surface area contributed by atoms with Crippen molar-refractivity contribution in [3.05, 3.63) is 59.4 Å². The molecular weight excluding hydrogens is 187 g/mol. The summed E-state index contributed by atoms with van der Waals surface area (Å²) in [5.74, 6) is -0.199. The zero-order chi connectivity index (χ0) is 10.8. The van der Waals surface area contributed by atoms with Gasteiger partial charge in [-0.3, -0.25) is 0 Å². The monoisotopic (exact) mass is 199 g/mol. The molecule has 0 unspecified atom stereocenters. The standard InChI is InChI=1S/C14H12F/c1-10-7-11(2)9-13(8-10)12-3-5-14(15)6-4-12/h3-6,8-9H,1-2H3. The van der Waals surface area contributed by atoms with E-state index in [-0.39, 0.29) is 5.82 Å². The summed E-state index contributed by atoms with van der Waals surface area (Å²) in [6.45, 7) is 4.03. The van der Waals surface area contributed by atoms with E-state index in [1.165, 1.54) is 12.1 Å². The maximum absolute atomic E-state index is 12.8. The van der Waals surface area contributed by atoms with Gasteiger partial charge in [0.15, 0.2) is 0 Å². The van der Waals surface area contributed by atoms with Gasteiger partial charge in [0.25, 0.3) is 0 Å². The van der Waals surface area contributed by atoms with Crippen molar-refractivity contribution in [3.8, 4) is 11.1 Å². The smallest absolute Gasteiger partial charge is 0.123 e. The van der Waals surface area contributed by atoms with Gasteiger partial charge in [-0.05, 0) is 54.3 Å². The van der Waals surface area contributed by atoms with E-state index in [1.807, 2.05) is 13.8 Å². The highest BCUT2D eigenvalue weighted by Gasteiger charge is 1.99. The van der Waals surface area contributed by atoms with Gasteiger partial charge in [0.1, 0.15) is 5.82 Å². The van der Waals surface area contributed by atoms with Crippen molar-refractivity contribution in [2.45, 2.75) is 13.8 Å². The fourth-order valence-electron chi connectivity index (χ4n) is 1.70. The summed E-state index contributed by atoms with van der Waals surface area (Å²) >= 11 is 0. The molecule has 0 N–H and O–H groups in total. The lowest BCUT2D eigenvalue weighted by atomic mass is 10.0. The Kier molecular flexibility index (Phi) is 2.55. The first-order chi connectivity index (χ1) is 7.15. The molecule has 75 valence electrons. The molecule has 2 aromatic carbocycles. The molecule has 0 aliphatic rings. The van der Waals surface area contributed by atoms with Crippen LogP contribution in [-0.4, -0.2) is 0 Å². The van der Waals surface area contributed by atoms with Crippen molar-refractivity contribution in [2.75, 3.05) is 0 Å². The first-order valence-electron chi connectivity index (χ1n) is 4.92. The predicted molar refractivity (Wildman–Crippen MR) is 60.1 cm³/mol. The number of halogens is 1. The second-order valence-corrected chi connectivity index (χ2v) is 3.74. The van der Waals surface area contributed by atoms with Crippen LogP contribution in [-0.2, 0) is 0 Å². The molecule has 0 aliphatic carbocycles. The minimum Gasteiger partial charge on any atom is -0.207 e. The molecule has 0 bridgehead atoms. The maximum Gasteiger partial charge on any atom is 0.123 e. The molecule has 0 amide bonds. The molecule has 15 heavy (non-hydrogen) atoms. The first-order valence-corrected chi connectivity index (χ1v) is 4.92. The maximum atomic E-state index is 12.8. The molecule has 0 fully saturated rings. The highest BCUT2D eigenvalue weighted by Crippen LogP contribution is 2.21. The lowest BCUT2D eigenvalue weighted by Crippen LogP contribution is -1.83. The molecular formula is C14H12F. The number of rotatable bonds is 1. The van der Waals surface area contributed by atoms with E-state index in [0.29, 0.717) is 0 Å². The van der Waals surface area contributed by atoms with Gasteiger partial charge in [0.2, 0.25) is 0 Å². The van der Waals surface area contributed by atoms with Crippen LogP contribution in [0.25, 0.3) is 11.1 Å². The molecule has 0 aliphatic heterocycles. The SMILES string of the molecule is Cc1[c]c(C)cc(-c2ccc(F)cc2)c1. The third-order valence-corrected chi connectivity index (χ3v) is 2.32. The van der Waals surface area contributed by atoms with Gasteiger partial charge >= 0.3 is 0 Å². The third-order valence-electron chi connectivity index (χ3n) is 2.32. The van der Waals surface area contributed by atoms with E-state index in [2.05, 4.69) is 18.2 Å². The molecule has 1 heteroatoms. The van der Waals surface area contributed by atoms with Gasteiger partial charge < -0.3 is 0 Å². The number of hydrogen-bond donors (Lipinski definition) is 0. The van der Waals surface area contributed by atoms with Gasteiger partial charge in [-0.1, -0.05) is 24.3 Å². The Morgan fingerprint density at radius 2 is 1.40 bits per heavy atom. The van der Waals surface area contributed by atoms with E-state index < -0.39 is 0 Å². The second kappa shape index (κ2) is 3.85. The quantitative estimate of drug-likeness (QED) is 0.653. The Labute approximate surface area is 89.4 Å². The number of aryl methyl sites for hydroxylation is 2. The molecule has 0 nitrogen and oxygen atoms in total. The Balaban J connectivity index is 2.49. The summed E-state index contributed by atoms with van der Waals surface area (Å²) in [5.41, 5.74) is 4.36. The zero-order valence-electron chi connectivity index (χ0n) is 8.84. The molecule has 2 rings (SSSR count). The average molecular weight is 199 g/mol. The largest absolute Gasteiger partial charge is 0.207 e. The second-order valence-electron chi connectivity index (χ2n) is 3.74. The fraction of sp³-hybridized carbons (Fsp3) is 0.143. The van der Waals surface area contributed by atoms with Crippen LogP contribution in [0.4, 0.5) is 4.39 Å². The van der Waals surface area contributed by atoms with E-state index in [0.717, 1.165) is 22.3 Å². The number of hydrogen-bond acceptors (Lipinski definition) is 0. The summed E-state index contributed by atoms with van der Waals surface area (Å²) in [4.78, 5) is 0. The highest BCUT2D eigenvalue weighted by atomic mass is 19.1. The minimum atomic E-state index is -0.199. The van der Waals surface area contributed by atoms with Crippen LogP contribution < -0.4 is 0 Å². The van der Waals surface area contributed by atoms with Crippen molar-refractivity contribution in [2.24, 2.45) is 0 Å². The molecule has 0 saturated carbocycles. The van der Waals surface area contributed by atoms with Gasteiger partial charge in [-0.15, -0.1) is 0 Å². The van der Waals surface area contributed by atoms with Crippen molar-refractivity contribution < 1.29 is 4.39 Å². The Hall–Kier alpha value is -1.63. The lowest BCUT2D eigenvalue weighted by molar-refractivity contribution is 0.628. The van der Waals surface area contributed by atoms with Gasteiger partial charge in [-0.2, -0.15) is 0 Å². The Morgan fingerprint density at radius 3 is 1.93 bits per heavy atom. The van der Waals surface area contributed by atoms with Gasteiger partial charge in [0.05, 0.1) is 0 Å². The van der Waals surface area contributed by atoms with E-state index in [9.17, 15) is 4.39 Å². The van der Waals surface area contributed by atoms with Crippen molar-refractivity contribution in [1.29, 1.82) is 0 Å². The van der Waals surface area contributed by atoms with E-state index in [4.69, 9.17) is 0 Å². The van der Waals surface area contributed by atoms with Crippen LogP contribution in [0.5, 0.6) is 0 Å². The molecule has 0 spiro atoms. The minimum absolute atomic E-state index is 0.199. The summed E-state index contributed by atoms with van der Waals surface area (Å²) in [7, 11) is 0. The van der Waals surface area contributed by atoms with Crippen LogP contribution in [0.2, 0.25) is 0 Å². The highest BCUT2D eigenvalue weighted by molar-refractivity contribution is 5.64. The average Bonchev–Trinajstić information content (AvgIpc) is 2.17. The molecule has 0 atom stereocenters. The Bertz CT molecular complexity index is 449. The zero-order valence-corrected chi connectivity index (χ0v) is 8.84. The van der Waals surface area contributed by atoms with Crippen LogP contribution in [0.15, 0.2) is 36.4 Å². The van der Waals surface area contributed by atoms with Crippen molar-refractivity contribution in [3.63, 3.8) is 0 Å². The first kappa shape index (κ1) is 9.91. The predicted octanol–water partition coefficient (Wildman–Crippen LogP) is 3.91. The molecule has 0 heterocycles. The van der Waals surface area contributed by atoms with Crippen molar-refractivity contribution >= 4 is 0 Å². The lowest BCUT2D eigenvalue weighted by Gasteiger charge is -2.04. The van der Waals surface area contributed by atoms with E-state index >= 15 is 0 Å².